The van der Waals surface area contributed by atoms with E-state index < -0.39 is 0 Å². The molecule has 0 saturated carbocycles. The highest BCUT2D eigenvalue weighted by Crippen LogP contribution is 2.41. The fourth-order valence-electron chi connectivity index (χ4n) is 2.94. The Morgan fingerprint density at radius 3 is 2.47 bits per heavy atom. The fourth-order valence-corrected chi connectivity index (χ4v) is 4.05. The van der Waals surface area contributed by atoms with Crippen molar-refractivity contribution >= 4 is 22.5 Å². The molecule has 0 bridgehead atoms. The zero-order valence-corrected chi connectivity index (χ0v) is 11.4. The lowest BCUT2D eigenvalue weighted by atomic mass is 9.91. The number of fused-ring (bicyclic) bond motifs is 2. The standard InChI is InChI=1S/C18H14S/c1-2-6-13(7-3-1)18-16-9-5-4-8-14(16)10-15-11-19-12-17(15)18/h1-10H,11-12H2. The molecule has 3 aromatic carbocycles. The van der Waals surface area contributed by atoms with Gasteiger partial charge >= 0.3 is 0 Å². The van der Waals surface area contributed by atoms with Gasteiger partial charge in [0.2, 0.25) is 0 Å². The Morgan fingerprint density at radius 2 is 1.58 bits per heavy atom. The van der Waals surface area contributed by atoms with Gasteiger partial charge in [-0.1, -0.05) is 54.6 Å². The van der Waals surface area contributed by atoms with Crippen molar-refractivity contribution in [3.63, 3.8) is 0 Å². The second-order valence-electron chi connectivity index (χ2n) is 4.97. The third-order valence-corrected chi connectivity index (χ3v) is 4.82. The number of hydrogen-bond acceptors (Lipinski definition) is 1. The Balaban J connectivity index is 2.13. The van der Waals surface area contributed by atoms with Crippen LogP contribution in [0.2, 0.25) is 0 Å². The van der Waals surface area contributed by atoms with Gasteiger partial charge in [0.15, 0.2) is 0 Å². The normalized spacial score (nSPS) is 13.7. The average Bonchev–Trinajstić information content (AvgIpc) is 2.93. The van der Waals surface area contributed by atoms with Crippen molar-refractivity contribution in [3.8, 4) is 11.1 Å². The molecule has 0 amide bonds. The third kappa shape index (κ3) is 1.77. The van der Waals surface area contributed by atoms with E-state index in [4.69, 9.17) is 0 Å². The van der Waals surface area contributed by atoms with Crippen LogP contribution in [0.1, 0.15) is 11.1 Å². The van der Waals surface area contributed by atoms with E-state index in [1.165, 1.54) is 33.0 Å². The van der Waals surface area contributed by atoms with Crippen molar-refractivity contribution in [2.24, 2.45) is 0 Å². The Hall–Kier alpha value is -1.73. The largest absolute Gasteiger partial charge is 0.152 e. The molecule has 0 aromatic heterocycles. The molecule has 19 heavy (non-hydrogen) atoms. The van der Waals surface area contributed by atoms with Crippen molar-refractivity contribution in [1.29, 1.82) is 0 Å². The van der Waals surface area contributed by atoms with E-state index in [1.807, 2.05) is 11.8 Å². The molecule has 0 nitrogen and oxygen atoms in total. The van der Waals surface area contributed by atoms with Crippen LogP contribution in [0.4, 0.5) is 0 Å². The van der Waals surface area contributed by atoms with Gasteiger partial charge < -0.3 is 0 Å². The summed E-state index contributed by atoms with van der Waals surface area (Å²) in [5.41, 5.74) is 5.84. The highest BCUT2D eigenvalue weighted by Gasteiger charge is 2.18. The summed E-state index contributed by atoms with van der Waals surface area (Å²) in [5.74, 6) is 2.30. The zero-order chi connectivity index (χ0) is 12.7. The van der Waals surface area contributed by atoms with Crippen molar-refractivity contribution in [3.05, 3.63) is 71.8 Å². The maximum atomic E-state index is 2.37. The van der Waals surface area contributed by atoms with E-state index in [9.17, 15) is 0 Å². The van der Waals surface area contributed by atoms with Crippen LogP contribution in [-0.2, 0) is 11.5 Å². The number of rotatable bonds is 1. The van der Waals surface area contributed by atoms with Crippen LogP contribution in [0.15, 0.2) is 60.7 Å². The first-order valence-corrected chi connectivity index (χ1v) is 7.75. The summed E-state index contributed by atoms with van der Waals surface area (Å²) in [5, 5.41) is 2.75. The summed E-state index contributed by atoms with van der Waals surface area (Å²) in [4.78, 5) is 0. The van der Waals surface area contributed by atoms with Crippen molar-refractivity contribution in [2.45, 2.75) is 11.5 Å². The van der Waals surface area contributed by atoms with E-state index in [1.54, 1.807) is 0 Å². The van der Waals surface area contributed by atoms with E-state index in [0.29, 0.717) is 0 Å². The highest BCUT2D eigenvalue weighted by atomic mass is 32.2. The fraction of sp³-hybridized carbons (Fsp3) is 0.111. The minimum atomic E-state index is 1.14. The molecule has 0 fully saturated rings. The molecule has 4 rings (SSSR count). The molecule has 0 aliphatic carbocycles. The summed E-state index contributed by atoms with van der Waals surface area (Å²) in [6, 6.07) is 21.9. The van der Waals surface area contributed by atoms with Gasteiger partial charge in [0.1, 0.15) is 0 Å². The number of hydrogen-bond donors (Lipinski definition) is 0. The lowest BCUT2D eigenvalue weighted by Crippen LogP contribution is -1.91. The van der Waals surface area contributed by atoms with Gasteiger partial charge in [0.25, 0.3) is 0 Å². The molecule has 1 aliphatic rings. The van der Waals surface area contributed by atoms with Gasteiger partial charge in [-0.05, 0) is 39.1 Å². The van der Waals surface area contributed by atoms with Crippen molar-refractivity contribution in [1.82, 2.24) is 0 Å². The Kier molecular flexibility index (Phi) is 2.59. The summed E-state index contributed by atoms with van der Waals surface area (Å²) in [7, 11) is 0. The molecular formula is C18H14S. The van der Waals surface area contributed by atoms with Gasteiger partial charge in [-0.15, -0.1) is 0 Å². The number of thioether (sulfide) groups is 1. The molecule has 1 aliphatic heterocycles. The van der Waals surface area contributed by atoms with Crippen LogP contribution >= 0.6 is 11.8 Å². The average molecular weight is 262 g/mol. The van der Waals surface area contributed by atoms with Gasteiger partial charge in [-0.3, -0.25) is 0 Å². The van der Waals surface area contributed by atoms with E-state index in [-0.39, 0.29) is 0 Å². The Labute approximate surface area is 117 Å². The highest BCUT2D eigenvalue weighted by molar-refractivity contribution is 7.98. The minimum Gasteiger partial charge on any atom is -0.152 e. The summed E-state index contributed by atoms with van der Waals surface area (Å²) < 4.78 is 0. The van der Waals surface area contributed by atoms with Crippen LogP contribution in [-0.4, -0.2) is 0 Å². The lowest BCUT2D eigenvalue weighted by Gasteiger charge is -2.13. The van der Waals surface area contributed by atoms with Crippen LogP contribution in [0.25, 0.3) is 21.9 Å². The Morgan fingerprint density at radius 1 is 0.789 bits per heavy atom. The SMILES string of the molecule is c1ccc(-c2c3c(cc4ccccc24)CSC3)cc1. The zero-order valence-electron chi connectivity index (χ0n) is 10.6. The van der Waals surface area contributed by atoms with Gasteiger partial charge in [-0.2, -0.15) is 11.8 Å². The van der Waals surface area contributed by atoms with E-state index >= 15 is 0 Å². The summed E-state index contributed by atoms with van der Waals surface area (Å²) in [6.07, 6.45) is 0. The predicted molar refractivity (Wildman–Crippen MR) is 84.4 cm³/mol. The first-order chi connectivity index (χ1) is 9.43. The second kappa shape index (κ2) is 4.43. The van der Waals surface area contributed by atoms with Crippen LogP contribution in [0, 0.1) is 0 Å². The second-order valence-corrected chi connectivity index (χ2v) is 5.95. The topological polar surface area (TPSA) is 0 Å². The quantitative estimate of drug-likeness (QED) is 0.577. The molecule has 3 aromatic rings. The molecule has 0 N–H and O–H groups in total. The van der Waals surface area contributed by atoms with E-state index in [0.717, 1.165) is 11.5 Å². The molecule has 0 saturated heterocycles. The monoisotopic (exact) mass is 262 g/mol. The molecule has 0 atom stereocenters. The summed E-state index contributed by atoms with van der Waals surface area (Å²) in [6.45, 7) is 0. The molecule has 92 valence electrons. The first-order valence-electron chi connectivity index (χ1n) is 6.60. The number of benzene rings is 3. The predicted octanol–water partition coefficient (Wildman–Crippen LogP) is 5.25. The van der Waals surface area contributed by atoms with Crippen LogP contribution < -0.4 is 0 Å². The van der Waals surface area contributed by atoms with Crippen molar-refractivity contribution < 1.29 is 0 Å². The summed E-state index contributed by atoms with van der Waals surface area (Å²) >= 11 is 2.02. The van der Waals surface area contributed by atoms with Gasteiger partial charge in [0.05, 0.1) is 0 Å². The van der Waals surface area contributed by atoms with Gasteiger partial charge in [-0.25, -0.2) is 0 Å². The smallest absolute Gasteiger partial charge is 0.0197 e. The van der Waals surface area contributed by atoms with E-state index in [2.05, 4.69) is 60.7 Å². The molecule has 0 radical (unpaired) electrons. The third-order valence-electron chi connectivity index (χ3n) is 3.82. The minimum absolute atomic E-state index is 1.14. The maximum Gasteiger partial charge on any atom is 0.0197 e. The van der Waals surface area contributed by atoms with Crippen LogP contribution in [0.3, 0.4) is 0 Å². The van der Waals surface area contributed by atoms with Gasteiger partial charge in [0, 0.05) is 11.5 Å². The lowest BCUT2D eigenvalue weighted by molar-refractivity contribution is 1.37. The van der Waals surface area contributed by atoms with Crippen molar-refractivity contribution in [2.75, 3.05) is 0 Å². The molecular weight excluding hydrogens is 248 g/mol. The molecule has 1 heteroatoms. The maximum absolute atomic E-state index is 2.37. The Bertz CT molecular complexity index is 744. The molecule has 0 spiro atoms. The van der Waals surface area contributed by atoms with Crippen LogP contribution in [0.5, 0.6) is 0 Å². The molecule has 1 heterocycles. The first kappa shape index (κ1) is 11.1. The molecule has 0 unspecified atom stereocenters.